The van der Waals surface area contributed by atoms with Crippen LogP contribution in [0.1, 0.15) is 33.1 Å². The second-order valence-corrected chi connectivity index (χ2v) is 5.98. The summed E-state index contributed by atoms with van der Waals surface area (Å²) in [6, 6.07) is 0.710. The van der Waals surface area contributed by atoms with Gasteiger partial charge in [0, 0.05) is 19.1 Å². The fourth-order valence-corrected chi connectivity index (χ4v) is 3.20. The average Bonchev–Trinajstić information content (AvgIpc) is 2.95. The molecule has 2 bridgehead atoms. The van der Waals surface area contributed by atoms with Gasteiger partial charge in [-0.3, -0.25) is 0 Å². The second kappa shape index (κ2) is 6.01. The molecule has 1 saturated carbocycles. The van der Waals surface area contributed by atoms with Gasteiger partial charge >= 0.3 is 0 Å². The first kappa shape index (κ1) is 13.1. The molecule has 17 heavy (non-hydrogen) atoms. The second-order valence-electron chi connectivity index (χ2n) is 5.98. The van der Waals surface area contributed by atoms with E-state index in [1.807, 2.05) is 0 Å². The van der Waals surface area contributed by atoms with Gasteiger partial charge in [-0.05, 0) is 57.5 Å². The molecule has 0 radical (unpaired) electrons. The van der Waals surface area contributed by atoms with Gasteiger partial charge in [-0.2, -0.15) is 0 Å². The lowest BCUT2D eigenvalue weighted by Crippen LogP contribution is -2.36. The first-order valence-electron chi connectivity index (χ1n) is 7.30. The van der Waals surface area contributed by atoms with E-state index in [2.05, 4.69) is 43.3 Å². The highest BCUT2D eigenvalue weighted by Crippen LogP contribution is 2.42. The molecule has 2 rings (SSSR count). The predicted octanol–water partition coefficient (Wildman–Crippen LogP) is 2.52. The molecule has 2 nitrogen and oxygen atoms in total. The lowest BCUT2D eigenvalue weighted by molar-refractivity contribution is 0.249. The fraction of sp³-hybridized carbons (Fsp3) is 0.867. The molecule has 4 unspecified atom stereocenters. The van der Waals surface area contributed by atoms with E-state index in [4.69, 9.17) is 0 Å². The maximum absolute atomic E-state index is 3.65. The van der Waals surface area contributed by atoms with Crippen LogP contribution >= 0.6 is 0 Å². The Bertz CT molecular complexity index is 262. The number of fused-ring (bicyclic) bond motifs is 2. The highest BCUT2D eigenvalue weighted by molar-refractivity contribution is 5.10. The summed E-state index contributed by atoms with van der Waals surface area (Å²) in [5.41, 5.74) is 0. The molecule has 4 atom stereocenters. The first-order chi connectivity index (χ1) is 8.20. The van der Waals surface area contributed by atoms with E-state index in [0.29, 0.717) is 6.04 Å². The third-order valence-corrected chi connectivity index (χ3v) is 4.81. The fourth-order valence-electron chi connectivity index (χ4n) is 3.20. The first-order valence-corrected chi connectivity index (χ1v) is 7.30. The van der Waals surface area contributed by atoms with Gasteiger partial charge in [0.15, 0.2) is 0 Å². The van der Waals surface area contributed by atoms with Gasteiger partial charge in [-0.25, -0.2) is 0 Å². The normalized spacial score (nSPS) is 32.6. The number of rotatable bonds is 7. The molecule has 1 fully saturated rings. The van der Waals surface area contributed by atoms with Crippen LogP contribution in [0.4, 0.5) is 0 Å². The van der Waals surface area contributed by atoms with Crippen molar-refractivity contribution in [1.82, 2.24) is 10.2 Å². The Morgan fingerprint density at radius 2 is 2.18 bits per heavy atom. The van der Waals surface area contributed by atoms with Crippen LogP contribution in [0.25, 0.3) is 0 Å². The topological polar surface area (TPSA) is 15.3 Å². The van der Waals surface area contributed by atoms with Crippen LogP contribution in [-0.2, 0) is 0 Å². The van der Waals surface area contributed by atoms with Crippen molar-refractivity contribution >= 4 is 0 Å². The standard InChI is InChI=1S/C15H28N2/c1-4-12(2)17(3)8-7-16-11-15-10-13-5-6-14(15)9-13/h5-6,12-16H,4,7-11H2,1-3H3. The highest BCUT2D eigenvalue weighted by Gasteiger charge is 2.34. The molecule has 2 aliphatic carbocycles. The number of nitrogens with zero attached hydrogens (tertiary/aromatic N) is 1. The van der Waals surface area contributed by atoms with Crippen LogP contribution in [0.2, 0.25) is 0 Å². The highest BCUT2D eigenvalue weighted by atomic mass is 15.1. The van der Waals surface area contributed by atoms with Crippen molar-refractivity contribution in [3.05, 3.63) is 12.2 Å². The van der Waals surface area contributed by atoms with Gasteiger partial charge < -0.3 is 10.2 Å². The molecule has 0 aliphatic heterocycles. The van der Waals surface area contributed by atoms with E-state index in [0.717, 1.165) is 24.3 Å². The summed E-state index contributed by atoms with van der Waals surface area (Å²) in [6.07, 6.45) is 8.98. The van der Waals surface area contributed by atoms with Crippen molar-refractivity contribution in [3.8, 4) is 0 Å². The Hall–Kier alpha value is -0.340. The minimum atomic E-state index is 0.710. The van der Waals surface area contributed by atoms with Crippen molar-refractivity contribution in [2.45, 2.75) is 39.2 Å². The molecule has 2 heteroatoms. The van der Waals surface area contributed by atoms with Gasteiger partial charge in [0.2, 0.25) is 0 Å². The predicted molar refractivity (Wildman–Crippen MR) is 74.1 cm³/mol. The number of hydrogen-bond donors (Lipinski definition) is 1. The van der Waals surface area contributed by atoms with Crippen LogP contribution in [-0.4, -0.2) is 37.6 Å². The van der Waals surface area contributed by atoms with E-state index in [1.165, 1.54) is 32.4 Å². The lowest BCUT2D eigenvalue weighted by atomic mass is 9.94. The molecule has 1 N–H and O–H groups in total. The van der Waals surface area contributed by atoms with E-state index >= 15 is 0 Å². The minimum Gasteiger partial charge on any atom is -0.315 e. The average molecular weight is 236 g/mol. The molecule has 0 aromatic heterocycles. The molecule has 2 aliphatic rings. The molecular weight excluding hydrogens is 208 g/mol. The summed E-state index contributed by atoms with van der Waals surface area (Å²) in [5.74, 6) is 2.72. The summed E-state index contributed by atoms with van der Waals surface area (Å²) in [7, 11) is 2.23. The summed E-state index contributed by atoms with van der Waals surface area (Å²) < 4.78 is 0. The molecule has 0 aromatic rings. The number of likely N-dealkylation sites (N-methyl/N-ethyl adjacent to an activating group) is 1. The Morgan fingerprint density at radius 3 is 2.76 bits per heavy atom. The van der Waals surface area contributed by atoms with E-state index in [9.17, 15) is 0 Å². The van der Waals surface area contributed by atoms with Crippen LogP contribution in [0, 0.1) is 17.8 Å². The van der Waals surface area contributed by atoms with Gasteiger partial charge in [0.05, 0.1) is 0 Å². The molecular formula is C15H28N2. The van der Waals surface area contributed by atoms with Gasteiger partial charge in [0.25, 0.3) is 0 Å². The van der Waals surface area contributed by atoms with Gasteiger partial charge in [-0.1, -0.05) is 19.1 Å². The molecule has 0 aromatic carbocycles. The molecule has 98 valence electrons. The third-order valence-electron chi connectivity index (χ3n) is 4.81. The number of allylic oxidation sites excluding steroid dienone is 2. The summed E-state index contributed by atoms with van der Waals surface area (Å²) in [4.78, 5) is 2.45. The molecule has 0 heterocycles. The maximum Gasteiger partial charge on any atom is 0.0107 e. The van der Waals surface area contributed by atoms with Crippen LogP contribution < -0.4 is 5.32 Å². The number of hydrogen-bond acceptors (Lipinski definition) is 2. The van der Waals surface area contributed by atoms with Crippen molar-refractivity contribution in [3.63, 3.8) is 0 Å². The molecule has 0 saturated heterocycles. The van der Waals surface area contributed by atoms with Crippen molar-refractivity contribution < 1.29 is 0 Å². The van der Waals surface area contributed by atoms with E-state index in [-0.39, 0.29) is 0 Å². The number of nitrogens with one attached hydrogen (secondary N) is 1. The SMILES string of the molecule is CCC(C)N(C)CCNCC1CC2C=CC1C2. The van der Waals surface area contributed by atoms with Crippen LogP contribution in [0.3, 0.4) is 0 Å². The Morgan fingerprint density at radius 1 is 1.35 bits per heavy atom. The van der Waals surface area contributed by atoms with Gasteiger partial charge in [0.1, 0.15) is 0 Å². The van der Waals surface area contributed by atoms with Crippen molar-refractivity contribution in [2.24, 2.45) is 17.8 Å². The van der Waals surface area contributed by atoms with Crippen LogP contribution in [0.15, 0.2) is 12.2 Å². The Balaban J connectivity index is 1.56. The van der Waals surface area contributed by atoms with E-state index in [1.54, 1.807) is 0 Å². The zero-order chi connectivity index (χ0) is 12.3. The van der Waals surface area contributed by atoms with Crippen molar-refractivity contribution in [1.29, 1.82) is 0 Å². The van der Waals surface area contributed by atoms with Crippen LogP contribution in [0.5, 0.6) is 0 Å². The quantitative estimate of drug-likeness (QED) is 0.540. The maximum atomic E-state index is 3.65. The summed E-state index contributed by atoms with van der Waals surface area (Å²) >= 11 is 0. The zero-order valence-electron chi connectivity index (χ0n) is 11.7. The monoisotopic (exact) mass is 236 g/mol. The largest absolute Gasteiger partial charge is 0.315 e. The van der Waals surface area contributed by atoms with Crippen molar-refractivity contribution in [2.75, 3.05) is 26.7 Å². The Kier molecular flexibility index (Phi) is 4.63. The van der Waals surface area contributed by atoms with Gasteiger partial charge in [-0.15, -0.1) is 0 Å². The smallest absolute Gasteiger partial charge is 0.0107 e. The molecule has 0 amide bonds. The zero-order valence-corrected chi connectivity index (χ0v) is 11.7. The summed E-state index contributed by atoms with van der Waals surface area (Å²) in [6.45, 7) is 8.10. The molecule has 0 spiro atoms. The minimum absolute atomic E-state index is 0.710. The lowest BCUT2D eigenvalue weighted by Gasteiger charge is -2.24. The van der Waals surface area contributed by atoms with E-state index < -0.39 is 0 Å². The summed E-state index contributed by atoms with van der Waals surface area (Å²) in [5, 5.41) is 3.65. The third kappa shape index (κ3) is 3.32. The Labute approximate surface area is 106 Å².